The Kier molecular flexibility index (Phi) is 2.99. The van der Waals surface area contributed by atoms with Crippen molar-refractivity contribution in [3.05, 3.63) is 24.0 Å². The number of rotatable bonds is 3. The summed E-state index contributed by atoms with van der Waals surface area (Å²) in [6.07, 6.45) is 5.00. The zero-order valence-corrected chi connectivity index (χ0v) is 8.90. The Hall–Kier alpha value is -0.840. The molecule has 0 aliphatic heterocycles. The average Bonchev–Trinajstić information content (AvgIpc) is 2.16. The van der Waals surface area contributed by atoms with Crippen LogP contribution in [-0.4, -0.2) is 37.8 Å². The first-order chi connectivity index (χ1) is 6.54. The molecule has 0 aromatic carbocycles. The highest BCUT2D eigenvalue weighted by Crippen LogP contribution is 2.37. The lowest BCUT2D eigenvalue weighted by Gasteiger charge is -2.42. The van der Waals surface area contributed by atoms with Crippen LogP contribution in [0.25, 0.3) is 0 Å². The highest BCUT2D eigenvalue weighted by atomic mass is 16.7. The van der Waals surface area contributed by atoms with Crippen LogP contribution in [0.15, 0.2) is 24.0 Å². The minimum Gasteiger partial charge on any atom is -0.495 e. The number of methoxy groups -OCH3 is 3. The molecule has 0 heterocycles. The maximum atomic E-state index is 10.1. The highest BCUT2D eigenvalue weighted by Gasteiger charge is 2.52. The summed E-state index contributed by atoms with van der Waals surface area (Å²) >= 11 is 0. The van der Waals surface area contributed by atoms with Crippen LogP contribution in [-0.2, 0) is 14.2 Å². The van der Waals surface area contributed by atoms with E-state index in [0.717, 1.165) is 0 Å². The molecular weight excluding hydrogens is 184 g/mol. The van der Waals surface area contributed by atoms with Crippen LogP contribution in [0.1, 0.15) is 6.92 Å². The molecule has 0 aromatic heterocycles. The van der Waals surface area contributed by atoms with Gasteiger partial charge < -0.3 is 19.3 Å². The van der Waals surface area contributed by atoms with Gasteiger partial charge in [0, 0.05) is 14.2 Å². The van der Waals surface area contributed by atoms with Crippen LogP contribution in [0.4, 0.5) is 0 Å². The van der Waals surface area contributed by atoms with E-state index in [1.165, 1.54) is 21.3 Å². The second-order valence-electron chi connectivity index (χ2n) is 3.27. The molecule has 0 spiro atoms. The molecule has 0 saturated carbocycles. The van der Waals surface area contributed by atoms with Gasteiger partial charge >= 0.3 is 0 Å². The van der Waals surface area contributed by atoms with Gasteiger partial charge in [0.1, 0.15) is 5.60 Å². The van der Waals surface area contributed by atoms with Gasteiger partial charge in [0.25, 0.3) is 5.79 Å². The molecule has 4 heteroatoms. The topological polar surface area (TPSA) is 47.9 Å². The van der Waals surface area contributed by atoms with E-state index in [-0.39, 0.29) is 0 Å². The van der Waals surface area contributed by atoms with Crippen molar-refractivity contribution in [3.8, 4) is 0 Å². The van der Waals surface area contributed by atoms with Crippen LogP contribution in [0.3, 0.4) is 0 Å². The first kappa shape index (κ1) is 11.2. The normalized spacial score (nSPS) is 29.9. The van der Waals surface area contributed by atoms with E-state index >= 15 is 0 Å². The maximum absolute atomic E-state index is 10.1. The molecule has 14 heavy (non-hydrogen) atoms. The molecule has 0 radical (unpaired) electrons. The smallest absolute Gasteiger partial charge is 0.260 e. The maximum Gasteiger partial charge on any atom is 0.260 e. The summed E-state index contributed by atoms with van der Waals surface area (Å²) in [7, 11) is 4.43. The number of hydrogen-bond donors (Lipinski definition) is 1. The third-order valence-corrected chi connectivity index (χ3v) is 2.45. The highest BCUT2D eigenvalue weighted by molar-refractivity contribution is 5.30. The van der Waals surface area contributed by atoms with E-state index in [2.05, 4.69) is 0 Å². The van der Waals surface area contributed by atoms with Crippen LogP contribution < -0.4 is 0 Å². The van der Waals surface area contributed by atoms with Crippen molar-refractivity contribution in [2.24, 2.45) is 0 Å². The molecule has 1 atom stereocenters. The van der Waals surface area contributed by atoms with Crippen LogP contribution in [0, 0.1) is 0 Å². The summed E-state index contributed by atoms with van der Waals surface area (Å²) in [5.74, 6) is -0.828. The number of aliphatic hydroxyl groups is 1. The Morgan fingerprint density at radius 1 is 1.21 bits per heavy atom. The minimum atomic E-state index is -1.27. The van der Waals surface area contributed by atoms with Crippen LogP contribution >= 0.6 is 0 Å². The molecule has 4 nitrogen and oxygen atoms in total. The van der Waals surface area contributed by atoms with Crippen LogP contribution in [0.5, 0.6) is 0 Å². The predicted molar refractivity (Wildman–Crippen MR) is 51.6 cm³/mol. The molecule has 0 saturated heterocycles. The fraction of sp³-hybridized carbons (Fsp3) is 0.600. The van der Waals surface area contributed by atoms with Crippen molar-refractivity contribution in [2.75, 3.05) is 21.3 Å². The first-order valence-corrected chi connectivity index (χ1v) is 4.30. The van der Waals surface area contributed by atoms with Gasteiger partial charge in [0.2, 0.25) is 0 Å². The standard InChI is InChI=1S/C10H16O4/c1-9(11)7-5-6-8(12-2)10(9,13-3)14-4/h5-7,11H,1-4H3. The number of allylic oxidation sites excluding steroid dienone is 2. The van der Waals surface area contributed by atoms with Gasteiger partial charge in [-0.15, -0.1) is 0 Å². The largest absolute Gasteiger partial charge is 0.495 e. The van der Waals surface area contributed by atoms with E-state index in [4.69, 9.17) is 14.2 Å². The van der Waals surface area contributed by atoms with Crippen molar-refractivity contribution < 1.29 is 19.3 Å². The van der Waals surface area contributed by atoms with Crippen molar-refractivity contribution in [1.82, 2.24) is 0 Å². The lowest BCUT2D eigenvalue weighted by atomic mass is 9.88. The van der Waals surface area contributed by atoms with E-state index in [1.54, 1.807) is 25.2 Å². The molecule has 1 N–H and O–H groups in total. The minimum absolute atomic E-state index is 0.440. The lowest BCUT2D eigenvalue weighted by Crippen LogP contribution is -2.56. The Morgan fingerprint density at radius 3 is 2.14 bits per heavy atom. The summed E-state index contributed by atoms with van der Waals surface area (Å²) in [6, 6.07) is 0. The van der Waals surface area contributed by atoms with Gasteiger partial charge in [0.05, 0.1) is 7.11 Å². The van der Waals surface area contributed by atoms with E-state index in [1.807, 2.05) is 0 Å². The van der Waals surface area contributed by atoms with E-state index in [0.29, 0.717) is 5.76 Å². The molecule has 0 bridgehead atoms. The van der Waals surface area contributed by atoms with E-state index in [9.17, 15) is 5.11 Å². The summed E-state index contributed by atoms with van der Waals surface area (Å²) in [5, 5.41) is 10.1. The molecule has 1 unspecified atom stereocenters. The van der Waals surface area contributed by atoms with Crippen LogP contribution in [0.2, 0.25) is 0 Å². The Balaban J connectivity index is 3.19. The van der Waals surface area contributed by atoms with Gasteiger partial charge in [-0.25, -0.2) is 0 Å². The third kappa shape index (κ3) is 1.35. The van der Waals surface area contributed by atoms with Crippen molar-refractivity contribution in [2.45, 2.75) is 18.3 Å². The molecule has 80 valence electrons. The van der Waals surface area contributed by atoms with Crippen molar-refractivity contribution in [3.63, 3.8) is 0 Å². The van der Waals surface area contributed by atoms with Gasteiger partial charge in [-0.1, -0.05) is 6.08 Å². The molecule has 0 aromatic rings. The average molecular weight is 200 g/mol. The monoisotopic (exact) mass is 200 g/mol. The van der Waals surface area contributed by atoms with Gasteiger partial charge in [-0.2, -0.15) is 0 Å². The fourth-order valence-corrected chi connectivity index (χ4v) is 1.69. The Labute approximate surface area is 83.8 Å². The lowest BCUT2D eigenvalue weighted by molar-refractivity contribution is -0.274. The molecule has 0 amide bonds. The summed E-state index contributed by atoms with van der Waals surface area (Å²) in [5.41, 5.74) is -1.25. The van der Waals surface area contributed by atoms with Crippen molar-refractivity contribution >= 4 is 0 Å². The fourth-order valence-electron chi connectivity index (χ4n) is 1.69. The second-order valence-corrected chi connectivity index (χ2v) is 3.27. The summed E-state index contributed by atoms with van der Waals surface area (Å²) < 4.78 is 15.6. The zero-order chi connectivity index (χ0) is 10.8. The molecule has 1 aliphatic carbocycles. The van der Waals surface area contributed by atoms with Gasteiger partial charge in [-0.3, -0.25) is 0 Å². The summed E-state index contributed by atoms with van der Waals surface area (Å²) in [4.78, 5) is 0. The van der Waals surface area contributed by atoms with Gasteiger partial charge in [-0.05, 0) is 19.1 Å². The molecular formula is C10H16O4. The van der Waals surface area contributed by atoms with Crippen molar-refractivity contribution in [1.29, 1.82) is 0 Å². The number of hydrogen-bond acceptors (Lipinski definition) is 4. The molecule has 0 fully saturated rings. The molecule has 1 aliphatic rings. The SMILES string of the molecule is COC1=CC=CC(C)(O)C1(OC)OC. The van der Waals surface area contributed by atoms with Gasteiger partial charge in [0.15, 0.2) is 5.76 Å². The first-order valence-electron chi connectivity index (χ1n) is 4.30. The Bertz CT molecular complexity index is 261. The second kappa shape index (κ2) is 3.73. The number of ether oxygens (including phenoxy) is 3. The third-order valence-electron chi connectivity index (χ3n) is 2.45. The van der Waals surface area contributed by atoms with E-state index < -0.39 is 11.4 Å². The Morgan fingerprint density at radius 2 is 1.79 bits per heavy atom. The predicted octanol–water partition coefficient (Wildman–Crippen LogP) is 0.827. The zero-order valence-electron chi connectivity index (χ0n) is 8.90. The molecule has 1 rings (SSSR count). The summed E-state index contributed by atoms with van der Waals surface area (Å²) in [6.45, 7) is 1.60. The quantitative estimate of drug-likeness (QED) is 0.685.